The lowest BCUT2D eigenvalue weighted by atomic mass is 10.2. The van der Waals surface area contributed by atoms with Crippen LogP contribution in [0.15, 0.2) is 52.9 Å². The summed E-state index contributed by atoms with van der Waals surface area (Å²) in [6.07, 6.45) is 0. The van der Waals surface area contributed by atoms with Crippen LogP contribution in [0.4, 0.5) is 11.4 Å². The number of furan rings is 1. The standard InChI is InChI=1S/C17H14ClNO3/c1-2-21-17(20)16-15(13-5-3-4-6-14(13)22-16)19-12-9-7-11(18)8-10-12/h3-10,19H,2H2,1H3. The van der Waals surface area contributed by atoms with Gasteiger partial charge in [-0.3, -0.25) is 0 Å². The van der Waals surface area contributed by atoms with Gasteiger partial charge in [0.1, 0.15) is 11.3 Å². The number of carbonyl (C=O) groups excluding carboxylic acids is 1. The van der Waals surface area contributed by atoms with Crippen molar-refractivity contribution < 1.29 is 13.9 Å². The Hall–Kier alpha value is -2.46. The molecule has 0 atom stereocenters. The van der Waals surface area contributed by atoms with E-state index in [1.807, 2.05) is 36.4 Å². The van der Waals surface area contributed by atoms with Crippen molar-refractivity contribution in [2.24, 2.45) is 0 Å². The number of ether oxygens (including phenoxy) is 1. The second-order valence-electron chi connectivity index (χ2n) is 4.65. The maximum Gasteiger partial charge on any atom is 0.376 e. The maximum atomic E-state index is 12.1. The van der Waals surface area contributed by atoms with Crippen LogP contribution in [0.1, 0.15) is 17.5 Å². The number of nitrogens with one attached hydrogen (secondary N) is 1. The molecule has 0 radical (unpaired) electrons. The van der Waals surface area contributed by atoms with Crippen molar-refractivity contribution in [3.63, 3.8) is 0 Å². The number of benzene rings is 2. The summed E-state index contributed by atoms with van der Waals surface area (Å²) < 4.78 is 10.7. The van der Waals surface area contributed by atoms with E-state index >= 15 is 0 Å². The van der Waals surface area contributed by atoms with Gasteiger partial charge in [0.05, 0.1) is 6.61 Å². The van der Waals surface area contributed by atoms with Gasteiger partial charge in [-0.2, -0.15) is 0 Å². The summed E-state index contributed by atoms with van der Waals surface area (Å²) in [7, 11) is 0. The summed E-state index contributed by atoms with van der Waals surface area (Å²) in [5, 5.41) is 4.68. The second kappa shape index (κ2) is 6.12. The van der Waals surface area contributed by atoms with Gasteiger partial charge in [0.15, 0.2) is 0 Å². The number of para-hydroxylation sites is 1. The monoisotopic (exact) mass is 315 g/mol. The second-order valence-corrected chi connectivity index (χ2v) is 5.09. The lowest BCUT2D eigenvalue weighted by Crippen LogP contribution is -2.06. The van der Waals surface area contributed by atoms with Gasteiger partial charge in [-0.05, 0) is 43.3 Å². The molecule has 112 valence electrons. The normalized spacial score (nSPS) is 10.6. The molecule has 0 aliphatic carbocycles. The van der Waals surface area contributed by atoms with Crippen molar-refractivity contribution in [2.45, 2.75) is 6.92 Å². The van der Waals surface area contributed by atoms with Gasteiger partial charge in [-0.15, -0.1) is 0 Å². The predicted molar refractivity (Wildman–Crippen MR) is 86.9 cm³/mol. The van der Waals surface area contributed by atoms with Crippen LogP contribution >= 0.6 is 11.6 Å². The van der Waals surface area contributed by atoms with Gasteiger partial charge in [0.25, 0.3) is 0 Å². The topological polar surface area (TPSA) is 51.5 Å². The Morgan fingerprint density at radius 1 is 1.18 bits per heavy atom. The average Bonchev–Trinajstić information content (AvgIpc) is 2.89. The van der Waals surface area contributed by atoms with Crippen molar-refractivity contribution in [1.82, 2.24) is 0 Å². The molecule has 0 fully saturated rings. The number of rotatable bonds is 4. The van der Waals surface area contributed by atoms with Crippen LogP contribution in [0.5, 0.6) is 0 Å². The molecule has 0 saturated carbocycles. The number of fused-ring (bicyclic) bond motifs is 1. The van der Waals surface area contributed by atoms with E-state index in [-0.39, 0.29) is 12.4 Å². The van der Waals surface area contributed by atoms with Gasteiger partial charge < -0.3 is 14.5 Å². The fraction of sp³-hybridized carbons (Fsp3) is 0.118. The molecular formula is C17H14ClNO3. The average molecular weight is 316 g/mol. The minimum absolute atomic E-state index is 0.165. The Kier molecular flexibility index (Phi) is 4.02. The maximum absolute atomic E-state index is 12.1. The largest absolute Gasteiger partial charge is 0.460 e. The van der Waals surface area contributed by atoms with Crippen LogP contribution in [0.2, 0.25) is 5.02 Å². The van der Waals surface area contributed by atoms with E-state index in [0.29, 0.717) is 16.3 Å². The van der Waals surface area contributed by atoms with E-state index in [2.05, 4.69) is 5.32 Å². The molecule has 0 unspecified atom stereocenters. The Balaban J connectivity index is 2.07. The smallest absolute Gasteiger partial charge is 0.376 e. The lowest BCUT2D eigenvalue weighted by molar-refractivity contribution is 0.0494. The van der Waals surface area contributed by atoms with Crippen LogP contribution < -0.4 is 5.32 Å². The van der Waals surface area contributed by atoms with E-state index in [4.69, 9.17) is 20.8 Å². The molecule has 1 heterocycles. The zero-order valence-corrected chi connectivity index (χ0v) is 12.7. The molecule has 0 saturated heterocycles. The number of hydrogen-bond acceptors (Lipinski definition) is 4. The van der Waals surface area contributed by atoms with Crippen LogP contribution in [-0.2, 0) is 4.74 Å². The first-order chi connectivity index (χ1) is 10.7. The molecule has 1 N–H and O–H groups in total. The lowest BCUT2D eigenvalue weighted by Gasteiger charge is -2.07. The molecule has 2 aromatic carbocycles. The highest BCUT2D eigenvalue weighted by Crippen LogP contribution is 2.33. The Morgan fingerprint density at radius 3 is 2.64 bits per heavy atom. The van der Waals surface area contributed by atoms with Crippen molar-refractivity contribution in [3.8, 4) is 0 Å². The summed E-state index contributed by atoms with van der Waals surface area (Å²) in [5.74, 6) is -0.326. The summed E-state index contributed by atoms with van der Waals surface area (Å²) in [6.45, 7) is 2.04. The Labute approximate surface area is 132 Å². The van der Waals surface area contributed by atoms with Crippen LogP contribution in [-0.4, -0.2) is 12.6 Å². The number of halogens is 1. The molecule has 0 bridgehead atoms. The number of esters is 1. The first-order valence-corrected chi connectivity index (χ1v) is 7.28. The van der Waals surface area contributed by atoms with Crippen molar-refractivity contribution >= 4 is 39.9 Å². The fourth-order valence-corrected chi connectivity index (χ4v) is 2.31. The zero-order chi connectivity index (χ0) is 15.5. The highest BCUT2D eigenvalue weighted by molar-refractivity contribution is 6.30. The third kappa shape index (κ3) is 2.78. The SMILES string of the molecule is CCOC(=O)c1oc2ccccc2c1Nc1ccc(Cl)cc1. The molecule has 5 heteroatoms. The molecule has 4 nitrogen and oxygen atoms in total. The van der Waals surface area contributed by atoms with Crippen LogP contribution in [0, 0.1) is 0 Å². The van der Waals surface area contributed by atoms with E-state index in [1.54, 1.807) is 19.1 Å². The van der Waals surface area contributed by atoms with Crippen molar-refractivity contribution in [1.29, 1.82) is 0 Å². The first-order valence-electron chi connectivity index (χ1n) is 6.90. The van der Waals surface area contributed by atoms with Crippen molar-refractivity contribution in [2.75, 3.05) is 11.9 Å². The summed E-state index contributed by atoms with van der Waals surface area (Å²) in [6, 6.07) is 14.7. The minimum Gasteiger partial charge on any atom is -0.460 e. The van der Waals surface area contributed by atoms with Crippen LogP contribution in [0.25, 0.3) is 11.0 Å². The highest BCUT2D eigenvalue weighted by Gasteiger charge is 2.21. The number of anilines is 2. The summed E-state index contributed by atoms with van der Waals surface area (Å²) in [5.41, 5.74) is 2.03. The summed E-state index contributed by atoms with van der Waals surface area (Å²) >= 11 is 5.89. The van der Waals surface area contributed by atoms with E-state index in [9.17, 15) is 4.79 Å². The van der Waals surface area contributed by atoms with Gasteiger partial charge in [-0.1, -0.05) is 23.7 Å². The number of carbonyl (C=O) groups is 1. The predicted octanol–water partition coefficient (Wildman–Crippen LogP) is 5.01. The molecule has 0 aliphatic rings. The molecule has 3 rings (SSSR count). The highest BCUT2D eigenvalue weighted by atomic mass is 35.5. The molecule has 22 heavy (non-hydrogen) atoms. The van der Waals surface area contributed by atoms with Gasteiger partial charge in [0.2, 0.25) is 5.76 Å². The quantitative estimate of drug-likeness (QED) is 0.688. The van der Waals surface area contributed by atoms with E-state index in [0.717, 1.165) is 11.1 Å². The van der Waals surface area contributed by atoms with E-state index in [1.165, 1.54) is 0 Å². The molecule has 0 aliphatic heterocycles. The zero-order valence-electron chi connectivity index (χ0n) is 11.9. The Bertz CT molecular complexity index is 808. The molecule has 1 aromatic heterocycles. The minimum atomic E-state index is -0.491. The fourth-order valence-electron chi connectivity index (χ4n) is 2.19. The molecular weight excluding hydrogens is 302 g/mol. The third-order valence-electron chi connectivity index (χ3n) is 3.17. The van der Waals surface area contributed by atoms with Crippen molar-refractivity contribution in [3.05, 3.63) is 59.3 Å². The molecule has 0 spiro atoms. The first kappa shape index (κ1) is 14.5. The molecule has 3 aromatic rings. The van der Waals surface area contributed by atoms with Gasteiger partial charge >= 0.3 is 5.97 Å². The van der Waals surface area contributed by atoms with E-state index < -0.39 is 5.97 Å². The molecule has 0 amide bonds. The summed E-state index contributed by atoms with van der Waals surface area (Å²) in [4.78, 5) is 12.1. The number of hydrogen-bond donors (Lipinski definition) is 1. The van der Waals surface area contributed by atoms with Gasteiger partial charge in [-0.25, -0.2) is 4.79 Å². The Morgan fingerprint density at radius 2 is 1.91 bits per heavy atom. The third-order valence-corrected chi connectivity index (χ3v) is 3.42. The van der Waals surface area contributed by atoms with Crippen LogP contribution in [0.3, 0.4) is 0 Å². The van der Waals surface area contributed by atoms with Gasteiger partial charge in [0, 0.05) is 16.1 Å².